The Morgan fingerprint density at radius 3 is 2.60 bits per heavy atom. The zero-order chi connectivity index (χ0) is 13.4. The predicted octanol–water partition coefficient (Wildman–Crippen LogP) is 2.96. The maximum atomic E-state index is 10.8. The third-order valence-corrected chi connectivity index (χ3v) is 3.22. The van der Waals surface area contributed by atoms with Gasteiger partial charge in [-0.15, -0.1) is 12.4 Å². The Kier molecular flexibility index (Phi) is 3.97. The fourth-order valence-corrected chi connectivity index (χ4v) is 2.24. The van der Waals surface area contributed by atoms with Crippen molar-refractivity contribution >= 4 is 40.3 Å². The molecule has 0 spiro atoms. The zero-order valence-corrected chi connectivity index (χ0v) is 11.4. The average Bonchev–Trinajstić information content (AvgIpc) is 2.76. The molecule has 3 rings (SSSR count). The van der Waals surface area contributed by atoms with Crippen LogP contribution in [0.2, 0.25) is 0 Å². The van der Waals surface area contributed by atoms with Crippen LogP contribution in [0.15, 0.2) is 46.9 Å². The Morgan fingerprint density at radius 1 is 1.15 bits per heavy atom. The number of furan rings is 1. The molecule has 1 aromatic heterocycles. The number of halogens is 1. The predicted molar refractivity (Wildman–Crippen MR) is 80.3 cm³/mol. The van der Waals surface area contributed by atoms with Crippen LogP contribution in [0.4, 0.5) is 0 Å². The Hall–Kier alpha value is -2.04. The molecule has 0 saturated carbocycles. The summed E-state index contributed by atoms with van der Waals surface area (Å²) in [6.07, 6.45) is 0.294. The molecule has 0 fully saturated rings. The van der Waals surface area contributed by atoms with Crippen LogP contribution >= 0.6 is 12.4 Å². The van der Waals surface area contributed by atoms with Crippen molar-refractivity contribution in [3.63, 3.8) is 0 Å². The van der Waals surface area contributed by atoms with E-state index in [2.05, 4.69) is 0 Å². The van der Waals surface area contributed by atoms with E-state index in [1.54, 1.807) is 0 Å². The summed E-state index contributed by atoms with van der Waals surface area (Å²) < 4.78 is 5.75. The third kappa shape index (κ3) is 2.48. The second kappa shape index (κ2) is 5.53. The number of hydrogen-bond acceptors (Lipinski definition) is 3. The standard InChI is InChI=1S/C15H13NO3.ClH/c16-12(15(17)18)7-9-5-6-11-10-3-1-2-4-13(10)19-14(11)8-9;/h1-6,8,12H,7,16H2,(H,17,18);1H. The molecule has 4 nitrogen and oxygen atoms in total. The minimum Gasteiger partial charge on any atom is -0.480 e. The molecule has 5 heteroatoms. The van der Waals surface area contributed by atoms with Gasteiger partial charge in [0, 0.05) is 10.8 Å². The molecule has 0 saturated heterocycles. The summed E-state index contributed by atoms with van der Waals surface area (Å²) in [5.74, 6) is -0.996. The number of fused-ring (bicyclic) bond motifs is 3. The molecule has 1 unspecified atom stereocenters. The Bertz CT molecular complexity index is 766. The van der Waals surface area contributed by atoms with Crippen molar-refractivity contribution in [3.05, 3.63) is 48.0 Å². The van der Waals surface area contributed by atoms with Gasteiger partial charge in [-0.05, 0) is 24.1 Å². The summed E-state index contributed by atoms with van der Waals surface area (Å²) in [4.78, 5) is 10.8. The second-order valence-corrected chi connectivity index (χ2v) is 4.58. The summed E-state index contributed by atoms with van der Waals surface area (Å²) in [6.45, 7) is 0. The van der Waals surface area contributed by atoms with Gasteiger partial charge in [-0.25, -0.2) is 0 Å². The van der Waals surface area contributed by atoms with Gasteiger partial charge in [-0.3, -0.25) is 4.79 Å². The summed E-state index contributed by atoms with van der Waals surface area (Å²) in [5, 5.41) is 10.9. The smallest absolute Gasteiger partial charge is 0.320 e. The first kappa shape index (κ1) is 14.4. The van der Waals surface area contributed by atoms with Gasteiger partial charge in [0.05, 0.1) is 0 Å². The lowest BCUT2D eigenvalue weighted by atomic mass is 10.0. The molecular formula is C15H14ClNO3. The van der Waals surface area contributed by atoms with Crippen LogP contribution in [-0.2, 0) is 11.2 Å². The van der Waals surface area contributed by atoms with Crippen LogP contribution < -0.4 is 5.73 Å². The van der Waals surface area contributed by atoms with Crippen LogP contribution in [0.5, 0.6) is 0 Å². The number of nitrogens with two attached hydrogens (primary N) is 1. The number of hydrogen-bond donors (Lipinski definition) is 2. The minimum absolute atomic E-state index is 0. The van der Waals surface area contributed by atoms with E-state index in [1.807, 2.05) is 42.5 Å². The zero-order valence-electron chi connectivity index (χ0n) is 10.6. The van der Waals surface area contributed by atoms with Crippen molar-refractivity contribution in [2.45, 2.75) is 12.5 Å². The van der Waals surface area contributed by atoms with Crippen LogP contribution in [0.1, 0.15) is 5.56 Å². The van der Waals surface area contributed by atoms with Gasteiger partial charge in [0.15, 0.2) is 0 Å². The molecule has 3 aromatic rings. The lowest BCUT2D eigenvalue weighted by molar-refractivity contribution is -0.138. The SMILES string of the molecule is Cl.NC(Cc1ccc2c(c1)oc1ccccc12)C(=O)O. The minimum atomic E-state index is -0.996. The molecule has 0 bridgehead atoms. The molecule has 0 radical (unpaired) electrons. The Morgan fingerprint density at radius 2 is 1.85 bits per heavy atom. The van der Waals surface area contributed by atoms with Gasteiger partial charge in [0.25, 0.3) is 0 Å². The van der Waals surface area contributed by atoms with Crippen molar-refractivity contribution in [1.29, 1.82) is 0 Å². The lowest BCUT2D eigenvalue weighted by Crippen LogP contribution is -2.32. The van der Waals surface area contributed by atoms with Gasteiger partial charge < -0.3 is 15.3 Å². The lowest BCUT2D eigenvalue weighted by Gasteiger charge is -2.05. The Labute approximate surface area is 121 Å². The first-order chi connectivity index (χ1) is 9.15. The summed E-state index contributed by atoms with van der Waals surface area (Å²) in [5.41, 5.74) is 7.99. The molecule has 0 aliphatic carbocycles. The highest BCUT2D eigenvalue weighted by atomic mass is 35.5. The van der Waals surface area contributed by atoms with Gasteiger partial charge in [-0.2, -0.15) is 0 Å². The molecule has 0 amide bonds. The molecule has 0 aliphatic rings. The summed E-state index contributed by atoms with van der Waals surface area (Å²) in [6, 6.07) is 12.6. The summed E-state index contributed by atoms with van der Waals surface area (Å²) in [7, 11) is 0. The van der Waals surface area contributed by atoms with Crippen LogP contribution in [0, 0.1) is 0 Å². The molecule has 3 N–H and O–H groups in total. The van der Waals surface area contributed by atoms with E-state index in [4.69, 9.17) is 15.3 Å². The number of benzene rings is 2. The first-order valence-electron chi connectivity index (χ1n) is 6.04. The van der Waals surface area contributed by atoms with Crippen molar-refractivity contribution < 1.29 is 14.3 Å². The van der Waals surface area contributed by atoms with Crippen molar-refractivity contribution in [2.24, 2.45) is 5.73 Å². The Balaban J connectivity index is 0.00000147. The fourth-order valence-electron chi connectivity index (χ4n) is 2.24. The number of carboxylic acids is 1. The van der Waals surface area contributed by atoms with E-state index in [0.29, 0.717) is 6.42 Å². The van der Waals surface area contributed by atoms with E-state index >= 15 is 0 Å². The van der Waals surface area contributed by atoms with Crippen molar-refractivity contribution in [2.75, 3.05) is 0 Å². The van der Waals surface area contributed by atoms with Gasteiger partial charge in [-0.1, -0.05) is 30.3 Å². The first-order valence-corrected chi connectivity index (χ1v) is 6.04. The van der Waals surface area contributed by atoms with E-state index in [0.717, 1.165) is 27.5 Å². The maximum absolute atomic E-state index is 10.8. The fraction of sp³-hybridized carbons (Fsp3) is 0.133. The summed E-state index contributed by atoms with van der Waals surface area (Å²) >= 11 is 0. The highest BCUT2D eigenvalue weighted by Gasteiger charge is 2.13. The number of rotatable bonds is 3. The number of carbonyl (C=O) groups is 1. The van der Waals surface area contributed by atoms with Crippen molar-refractivity contribution in [3.8, 4) is 0 Å². The normalized spacial score (nSPS) is 12.2. The number of aliphatic carboxylic acids is 1. The number of carboxylic acid groups (broad SMARTS) is 1. The topological polar surface area (TPSA) is 76.5 Å². The monoisotopic (exact) mass is 291 g/mol. The van der Waals surface area contributed by atoms with E-state index < -0.39 is 12.0 Å². The van der Waals surface area contributed by atoms with Crippen LogP contribution in [-0.4, -0.2) is 17.1 Å². The molecule has 20 heavy (non-hydrogen) atoms. The second-order valence-electron chi connectivity index (χ2n) is 4.58. The largest absolute Gasteiger partial charge is 0.480 e. The van der Waals surface area contributed by atoms with Crippen molar-refractivity contribution in [1.82, 2.24) is 0 Å². The van der Waals surface area contributed by atoms with E-state index in [-0.39, 0.29) is 12.4 Å². The molecular weight excluding hydrogens is 278 g/mol. The van der Waals surface area contributed by atoms with E-state index in [1.165, 1.54) is 0 Å². The van der Waals surface area contributed by atoms with Crippen LogP contribution in [0.3, 0.4) is 0 Å². The maximum Gasteiger partial charge on any atom is 0.320 e. The molecule has 104 valence electrons. The molecule has 1 heterocycles. The van der Waals surface area contributed by atoms with E-state index in [9.17, 15) is 4.79 Å². The average molecular weight is 292 g/mol. The quantitative estimate of drug-likeness (QED) is 0.778. The number of para-hydroxylation sites is 1. The molecule has 1 atom stereocenters. The third-order valence-electron chi connectivity index (χ3n) is 3.22. The van der Waals surface area contributed by atoms with Gasteiger partial charge in [0.2, 0.25) is 0 Å². The highest BCUT2D eigenvalue weighted by Crippen LogP contribution is 2.29. The van der Waals surface area contributed by atoms with Crippen LogP contribution in [0.25, 0.3) is 21.9 Å². The highest BCUT2D eigenvalue weighted by molar-refractivity contribution is 6.04. The molecule has 2 aromatic carbocycles. The van der Waals surface area contributed by atoms with Gasteiger partial charge >= 0.3 is 5.97 Å². The van der Waals surface area contributed by atoms with Gasteiger partial charge in [0.1, 0.15) is 17.2 Å². The molecule has 0 aliphatic heterocycles.